The topological polar surface area (TPSA) is 101 Å². The molecule has 1 fully saturated rings. The zero-order valence-corrected chi connectivity index (χ0v) is 17.9. The fourth-order valence-corrected chi connectivity index (χ4v) is 4.29. The molecule has 0 unspecified atom stereocenters. The Bertz CT molecular complexity index is 1380. The quantitative estimate of drug-likeness (QED) is 0.488. The van der Waals surface area contributed by atoms with Crippen LogP contribution < -0.4 is 10.1 Å². The third-order valence-corrected chi connectivity index (χ3v) is 5.95. The number of ether oxygens (including phenoxy) is 1. The van der Waals surface area contributed by atoms with Crippen LogP contribution in [0.1, 0.15) is 30.1 Å². The predicted molar refractivity (Wildman–Crippen MR) is 111 cm³/mol. The molecule has 166 valence electrons. The Morgan fingerprint density at radius 3 is 2.81 bits per heavy atom. The van der Waals surface area contributed by atoms with Gasteiger partial charge in [0.1, 0.15) is 5.69 Å². The second-order valence-corrected chi connectivity index (χ2v) is 8.39. The van der Waals surface area contributed by atoms with Crippen molar-refractivity contribution in [2.24, 2.45) is 7.05 Å². The summed E-state index contributed by atoms with van der Waals surface area (Å²) in [5.41, 5.74) is 1.94. The molecule has 4 aromatic rings. The summed E-state index contributed by atoms with van der Waals surface area (Å²) in [6.45, 7) is 2.65. The van der Waals surface area contributed by atoms with Crippen molar-refractivity contribution in [2.75, 3.05) is 11.9 Å². The third-order valence-electron chi connectivity index (χ3n) is 5.67. The van der Waals surface area contributed by atoms with Crippen molar-refractivity contribution < 1.29 is 13.5 Å². The molecule has 5 heterocycles. The van der Waals surface area contributed by atoms with Crippen molar-refractivity contribution in [1.29, 1.82) is 0 Å². The molecule has 4 aromatic heterocycles. The Morgan fingerprint density at radius 2 is 2.09 bits per heavy atom. The summed E-state index contributed by atoms with van der Waals surface area (Å²) in [6.07, 6.45) is 1.89. The molecular formula is C19H18ClF2N9O. The molecule has 1 N–H and O–H groups in total. The van der Waals surface area contributed by atoms with E-state index in [0.29, 0.717) is 53.0 Å². The lowest BCUT2D eigenvalue weighted by Gasteiger charge is -2.10. The van der Waals surface area contributed by atoms with Crippen molar-refractivity contribution in [2.45, 2.75) is 38.2 Å². The summed E-state index contributed by atoms with van der Waals surface area (Å²) in [5.74, 6) is -2.86. The number of alkyl halides is 2. The number of aromatic nitrogens is 8. The van der Waals surface area contributed by atoms with E-state index in [1.807, 2.05) is 6.92 Å². The number of hydrogen-bond donors (Lipinski definition) is 1. The first-order valence-corrected chi connectivity index (χ1v) is 10.5. The van der Waals surface area contributed by atoms with E-state index >= 15 is 0 Å². The lowest BCUT2D eigenvalue weighted by molar-refractivity contribution is 0.111. The molecule has 13 heteroatoms. The molecule has 32 heavy (non-hydrogen) atoms. The summed E-state index contributed by atoms with van der Waals surface area (Å²) in [4.78, 5) is 8.85. The van der Waals surface area contributed by atoms with Crippen molar-refractivity contribution >= 4 is 34.3 Å². The Morgan fingerprint density at radius 1 is 1.28 bits per heavy atom. The van der Waals surface area contributed by atoms with Crippen LogP contribution in [0.3, 0.4) is 0 Å². The third kappa shape index (κ3) is 2.93. The Balaban J connectivity index is 1.55. The van der Waals surface area contributed by atoms with Gasteiger partial charge in [0.2, 0.25) is 5.95 Å². The number of anilines is 2. The molecule has 0 saturated heterocycles. The SMILES string of the molecule is Cc1cc(-n2nc3c(c2[C@H]2CC2(F)F)Nc2ncc4c(Cl)nn(c4n2)CCCO3)n(C)n1. The number of nitrogens with zero attached hydrogens (tertiary/aromatic N) is 8. The highest BCUT2D eigenvalue weighted by Gasteiger charge is 2.60. The molecule has 0 amide bonds. The smallest absolute Gasteiger partial charge is 0.257 e. The zero-order chi connectivity index (χ0) is 22.2. The maximum absolute atomic E-state index is 14.3. The van der Waals surface area contributed by atoms with Gasteiger partial charge in [-0.15, -0.1) is 5.10 Å². The molecule has 0 aromatic carbocycles. The van der Waals surface area contributed by atoms with Gasteiger partial charge in [0.25, 0.3) is 11.8 Å². The molecule has 0 spiro atoms. The fraction of sp³-hybridized carbons (Fsp3) is 0.421. The standard InChI is InChI=1S/C19H18ClF2N9O/c1-9-6-12(29(2)26-9)31-14(11-7-19(11,21)22)13-17(28-31)32-5-3-4-30-16-10(15(20)27-30)8-23-18(24-13)25-16/h6,8,11H,3-5,7H2,1-2H3,(H,23,24,25)/t11-/m1/s1. The Hall–Kier alpha value is -3.28. The van der Waals surface area contributed by atoms with Gasteiger partial charge < -0.3 is 10.1 Å². The Kier molecular flexibility index (Phi) is 4.01. The van der Waals surface area contributed by atoms with E-state index in [9.17, 15) is 8.78 Å². The van der Waals surface area contributed by atoms with Gasteiger partial charge in [0.05, 0.1) is 29.3 Å². The maximum atomic E-state index is 14.3. The van der Waals surface area contributed by atoms with Crippen molar-refractivity contribution in [1.82, 2.24) is 39.3 Å². The molecule has 2 bridgehead atoms. The highest BCUT2D eigenvalue weighted by Crippen LogP contribution is 2.59. The average Bonchev–Trinajstić information content (AvgIpc) is 3.01. The average molecular weight is 462 g/mol. The van der Waals surface area contributed by atoms with Crippen LogP contribution >= 0.6 is 11.6 Å². The number of aryl methyl sites for hydroxylation is 3. The van der Waals surface area contributed by atoms with Gasteiger partial charge in [-0.05, 0) is 6.92 Å². The monoisotopic (exact) mass is 461 g/mol. The van der Waals surface area contributed by atoms with E-state index in [-0.39, 0.29) is 18.2 Å². The summed E-state index contributed by atoms with van der Waals surface area (Å²) in [6, 6.07) is 1.79. The number of rotatable bonds is 2. The van der Waals surface area contributed by atoms with Crippen LogP contribution in [0.15, 0.2) is 12.3 Å². The molecule has 0 radical (unpaired) electrons. The summed E-state index contributed by atoms with van der Waals surface area (Å²) < 4.78 is 39.3. The van der Waals surface area contributed by atoms with E-state index in [4.69, 9.17) is 16.3 Å². The van der Waals surface area contributed by atoms with Gasteiger partial charge in [0.15, 0.2) is 16.6 Å². The molecular weight excluding hydrogens is 444 g/mol. The van der Waals surface area contributed by atoms with Crippen LogP contribution in [-0.2, 0) is 13.6 Å². The van der Waals surface area contributed by atoms with Crippen molar-refractivity contribution in [3.05, 3.63) is 28.8 Å². The van der Waals surface area contributed by atoms with Gasteiger partial charge in [-0.25, -0.2) is 23.1 Å². The highest BCUT2D eigenvalue weighted by molar-refractivity contribution is 6.34. The second-order valence-electron chi connectivity index (χ2n) is 8.03. The summed E-state index contributed by atoms with van der Waals surface area (Å²) in [7, 11) is 1.74. The number of halogens is 3. The van der Waals surface area contributed by atoms with E-state index in [2.05, 4.69) is 30.6 Å². The normalized spacial score (nSPS) is 19.3. The minimum Gasteiger partial charge on any atom is -0.475 e. The maximum Gasteiger partial charge on any atom is 0.257 e. The van der Waals surface area contributed by atoms with E-state index < -0.39 is 11.8 Å². The molecule has 10 nitrogen and oxygen atoms in total. The van der Waals surface area contributed by atoms with Gasteiger partial charge in [-0.2, -0.15) is 15.2 Å². The fourth-order valence-electron chi connectivity index (χ4n) is 4.06. The van der Waals surface area contributed by atoms with E-state index in [1.54, 1.807) is 28.7 Å². The largest absolute Gasteiger partial charge is 0.475 e. The predicted octanol–water partition coefficient (Wildman–Crippen LogP) is 3.36. The number of nitrogens with one attached hydrogen (secondary N) is 1. The van der Waals surface area contributed by atoms with Crippen LogP contribution in [0.25, 0.3) is 16.9 Å². The van der Waals surface area contributed by atoms with Crippen LogP contribution in [0.4, 0.5) is 20.4 Å². The van der Waals surface area contributed by atoms with Crippen LogP contribution in [0, 0.1) is 6.92 Å². The minimum absolute atomic E-state index is 0.211. The minimum atomic E-state index is -2.83. The van der Waals surface area contributed by atoms with E-state index in [1.165, 1.54) is 4.68 Å². The highest BCUT2D eigenvalue weighted by atomic mass is 35.5. The first-order chi connectivity index (χ1) is 15.3. The van der Waals surface area contributed by atoms with Crippen LogP contribution in [0.5, 0.6) is 5.88 Å². The molecule has 1 atom stereocenters. The lowest BCUT2D eigenvalue weighted by Crippen LogP contribution is -2.10. The summed E-state index contributed by atoms with van der Waals surface area (Å²) >= 11 is 6.21. The van der Waals surface area contributed by atoms with Crippen LogP contribution in [-0.4, -0.2) is 51.8 Å². The molecule has 1 aliphatic carbocycles. The van der Waals surface area contributed by atoms with Gasteiger partial charge in [-0.1, -0.05) is 11.6 Å². The van der Waals surface area contributed by atoms with Crippen molar-refractivity contribution in [3.63, 3.8) is 0 Å². The lowest BCUT2D eigenvalue weighted by atomic mass is 10.2. The number of hydrogen-bond acceptors (Lipinski definition) is 7. The molecule has 6 rings (SSSR count). The van der Waals surface area contributed by atoms with Crippen molar-refractivity contribution in [3.8, 4) is 11.7 Å². The van der Waals surface area contributed by atoms with Gasteiger partial charge >= 0.3 is 0 Å². The molecule has 1 saturated carbocycles. The summed E-state index contributed by atoms with van der Waals surface area (Å²) in [5, 5.41) is 17.2. The molecule has 2 aliphatic rings. The second kappa shape index (κ2) is 6.61. The van der Waals surface area contributed by atoms with Gasteiger partial charge in [-0.3, -0.25) is 4.68 Å². The molecule has 1 aliphatic heterocycles. The first-order valence-electron chi connectivity index (χ1n) is 10.1. The van der Waals surface area contributed by atoms with Crippen LogP contribution in [0.2, 0.25) is 5.15 Å². The number of fused-ring (bicyclic) bond motifs is 2. The zero-order valence-electron chi connectivity index (χ0n) is 17.2. The van der Waals surface area contributed by atoms with Gasteiger partial charge in [0, 0.05) is 38.7 Å². The Labute approximate surface area is 185 Å². The van der Waals surface area contributed by atoms with E-state index in [0.717, 1.165) is 5.69 Å². The first kappa shape index (κ1) is 19.4.